The molecule has 0 aromatic heterocycles. The van der Waals surface area contributed by atoms with Crippen LogP contribution in [0, 0.1) is 13.8 Å². The van der Waals surface area contributed by atoms with Gasteiger partial charge in [0, 0.05) is 5.41 Å². The molecule has 0 spiro atoms. The Bertz CT molecular complexity index is 505. The highest BCUT2D eigenvalue weighted by atomic mass is 16.5. The van der Waals surface area contributed by atoms with Crippen molar-refractivity contribution in [2.24, 2.45) is 0 Å². The van der Waals surface area contributed by atoms with Gasteiger partial charge < -0.3 is 9.84 Å². The minimum Gasteiger partial charge on any atom is -0.496 e. The fraction of sp³-hybridized carbons (Fsp3) is 0.533. The van der Waals surface area contributed by atoms with Crippen molar-refractivity contribution in [1.29, 1.82) is 0 Å². The summed E-state index contributed by atoms with van der Waals surface area (Å²) in [6, 6.07) is 2.03. The highest BCUT2D eigenvalue weighted by molar-refractivity contribution is 5.70. The first-order chi connectivity index (χ1) is 8.39. The number of carboxylic acids is 1. The van der Waals surface area contributed by atoms with E-state index in [9.17, 15) is 4.79 Å². The maximum Gasteiger partial charge on any atom is 0.304 e. The Morgan fingerprint density at radius 2 is 2.17 bits per heavy atom. The number of fused-ring (bicyclic) bond motifs is 1. The molecule has 0 fully saturated rings. The molecule has 1 aliphatic carbocycles. The zero-order valence-electron chi connectivity index (χ0n) is 11.5. The molecule has 1 aliphatic rings. The maximum atomic E-state index is 11.1. The summed E-state index contributed by atoms with van der Waals surface area (Å²) in [5, 5.41) is 9.10. The first kappa shape index (κ1) is 12.9. The largest absolute Gasteiger partial charge is 0.496 e. The molecule has 2 rings (SSSR count). The molecule has 0 heterocycles. The number of benzene rings is 1. The van der Waals surface area contributed by atoms with Gasteiger partial charge in [-0.05, 0) is 55.0 Å². The summed E-state index contributed by atoms with van der Waals surface area (Å²) in [5.41, 5.74) is 4.59. The number of hydrogen-bond acceptors (Lipinski definition) is 2. The number of carboxylic acid groups (broad SMARTS) is 1. The molecule has 1 N–H and O–H groups in total. The number of carbonyl (C=O) groups is 1. The second kappa shape index (κ2) is 4.30. The number of rotatable bonds is 3. The smallest absolute Gasteiger partial charge is 0.304 e. The number of methoxy groups -OCH3 is 1. The normalized spacial score (nSPS) is 21.8. The van der Waals surface area contributed by atoms with Crippen LogP contribution in [0.5, 0.6) is 5.75 Å². The lowest BCUT2D eigenvalue weighted by Gasteiger charge is -2.26. The zero-order valence-corrected chi connectivity index (χ0v) is 11.5. The topological polar surface area (TPSA) is 46.5 Å². The molecule has 0 saturated carbocycles. The van der Waals surface area contributed by atoms with Crippen molar-refractivity contribution < 1.29 is 14.6 Å². The van der Waals surface area contributed by atoms with Gasteiger partial charge in [0.25, 0.3) is 0 Å². The number of hydrogen-bond donors (Lipinski definition) is 1. The monoisotopic (exact) mass is 248 g/mol. The molecule has 3 nitrogen and oxygen atoms in total. The molecule has 1 aromatic rings. The van der Waals surface area contributed by atoms with Crippen molar-refractivity contribution in [3.63, 3.8) is 0 Å². The molecule has 3 heteroatoms. The van der Waals surface area contributed by atoms with Crippen LogP contribution in [0.4, 0.5) is 0 Å². The van der Waals surface area contributed by atoms with Crippen LogP contribution in [0.1, 0.15) is 42.0 Å². The van der Waals surface area contributed by atoms with E-state index in [1.165, 1.54) is 11.1 Å². The van der Waals surface area contributed by atoms with Crippen molar-refractivity contribution in [1.82, 2.24) is 0 Å². The second-order valence-corrected chi connectivity index (χ2v) is 5.51. The number of ether oxygens (including phenoxy) is 1. The molecule has 98 valence electrons. The van der Waals surface area contributed by atoms with Crippen LogP contribution in [-0.2, 0) is 16.6 Å². The molecule has 1 unspecified atom stereocenters. The molecule has 0 radical (unpaired) electrons. The van der Waals surface area contributed by atoms with Crippen LogP contribution in [0.3, 0.4) is 0 Å². The Morgan fingerprint density at radius 1 is 1.50 bits per heavy atom. The summed E-state index contributed by atoms with van der Waals surface area (Å²) in [6.45, 7) is 6.17. The molecule has 0 amide bonds. The summed E-state index contributed by atoms with van der Waals surface area (Å²) in [6.07, 6.45) is 2.05. The Hall–Kier alpha value is -1.51. The lowest BCUT2D eigenvalue weighted by molar-refractivity contribution is -0.138. The second-order valence-electron chi connectivity index (χ2n) is 5.51. The first-order valence-corrected chi connectivity index (χ1v) is 6.28. The molecule has 0 aliphatic heterocycles. The van der Waals surface area contributed by atoms with Crippen LogP contribution >= 0.6 is 0 Å². The fourth-order valence-corrected chi connectivity index (χ4v) is 3.35. The van der Waals surface area contributed by atoms with Gasteiger partial charge in [-0.25, -0.2) is 0 Å². The van der Waals surface area contributed by atoms with Crippen molar-refractivity contribution >= 4 is 5.97 Å². The third-order valence-electron chi connectivity index (χ3n) is 4.16. The van der Waals surface area contributed by atoms with Crippen molar-refractivity contribution in [2.75, 3.05) is 7.11 Å². The molecule has 0 bridgehead atoms. The van der Waals surface area contributed by atoms with Gasteiger partial charge >= 0.3 is 5.97 Å². The zero-order chi connectivity index (χ0) is 13.5. The van der Waals surface area contributed by atoms with Crippen molar-refractivity contribution in [2.45, 2.75) is 45.4 Å². The van der Waals surface area contributed by atoms with E-state index in [1.807, 2.05) is 13.0 Å². The Labute approximate surface area is 108 Å². The van der Waals surface area contributed by atoms with Crippen LogP contribution in [-0.4, -0.2) is 18.2 Å². The van der Waals surface area contributed by atoms with E-state index in [0.717, 1.165) is 29.7 Å². The van der Waals surface area contributed by atoms with E-state index < -0.39 is 5.97 Å². The Balaban J connectivity index is 2.57. The minimum atomic E-state index is -0.724. The van der Waals surface area contributed by atoms with E-state index in [2.05, 4.69) is 13.8 Å². The van der Waals surface area contributed by atoms with Crippen molar-refractivity contribution in [3.8, 4) is 5.75 Å². The summed E-state index contributed by atoms with van der Waals surface area (Å²) in [4.78, 5) is 11.1. The molecule has 1 atom stereocenters. The Kier molecular flexibility index (Phi) is 3.09. The van der Waals surface area contributed by atoms with Gasteiger partial charge in [-0.15, -0.1) is 0 Å². The number of aliphatic carboxylic acids is 1. The summed E-state index contributed by atoms with van der Waals surface area (Å²) in [5.74, 6) is 0.184. The Morgan fingerprint density at radius 3 is 2.72 bits per heavy atom. The van der Waals surface area contributed by atoms with Gasteiger partial charge in [-0.3, -0.25) is 4.79 Å². The summed E-state index contributed by atoms with van der Waals surface area (Å²) in [7, 11) is 1.68. The average Bonchev–Trinajstić information content (AvgIpc) is 2.61. The standard InChI is InChI=1S/C15H20O3/c1-9-7-12(18-4)10(2)11-5-6-15(3,14(9)11)8-13(16)17/h7H,5-6,8H2,1-4H3,(H,16,17). The molecular formula is C15H20O3. The van der Waals surface area contributed by atoms with Crippen LogP contribution in [0.15, 0.2) is 6.07 Å². The van der Waals surface area contributed by atoms with Gasteiger partial charge in [-0.1, -0.05) is 6.92 Å². The lowest BCUT2D eigenvalue weighted by Crippen LogP contribution is -2.23. The average molecular weight is 248 g/mol. The summed E-state index contributed by atoms with van der Waals surface area (Å²) >= 11 is 0. The van der Waals surface area contributed by atoms with Gasteiger partial charge in [0.15, 0.2) is 0 Å². The highest BCUT2D eigenvalue weighted by Crippen LogP contribution is 2.46. The molecule has 0 saturated heterocycles. The van der Waals surface area contributed by atoms with Crippen LogP contribution in [0.2, 0.25) is 0 Å². The van der Waals surface area contributed by atoms with Gasteiger partial charge in [0.2, 0.25) is 0 Å². The fourth-order valence-electron chi connectivity index (χ4n) is 3.35. The maximum absolute atomic E-state index is 11.1. The van der Waals surface area contributed by atoms with Gasteiger partial charge in [0.1, 0.15) is 5.75 Å². The predicted molar refractivity (Wildman–Crippen MR) is 70.4 cm³/mol. The van der Waals surface area contributed by atoms with Gasteiger partial charge in [-0.2, -0.15) is 0 Å². The van der Waals surface area contributed by atoms with E-state index in [-0.39, 0.29) is 11.8 Å². The molecular weight excluding hydrogens is 228 g/mol. The van der Waals surface area contributed by atoms with Crippen LogP contribution in [0.25, 0.3) is 0 Å². The molecule has 1 aromatic carbocycles. The third-order valence-corrected chi connectivity index (χ3v) is 4.16. The quantitative estimate of drug-likeness (QED) is 0.894. The predicted octanol–water partition coefficient (Wildman–Crippen LogP) is 2.99. The van der Waals surface area contributed by atoms with E-state index in [1.54, 1.807) is 7.11 Å². The van der Waals surface area contributed by atoms with Gasteiger partial charge in [0.05, 0.1) is 13.5 Å². The summed E-state index contributed by atoms with van der Waals surface area (Å²) < 4.78 is 5.38. The van der Waals surface area contributed by atoms with E-state index >= 15 is 0 Å². The first-order valence-electron chi connectivity index (χ1n) is 6.28. The minimum absolute atomic E-state index is 0.201. The lowest BCUT2D eigenvalue weighted by atomic mass is 9.78. The highest BCUT2D eigenvalue weighted by Gasteiger charge is 2.38. The number of aryl methyl sites for hydroxylation is 1. The molecule has 18 heavy (non-hydrogen) atoms. The van der Waals surface area contributed by atoms with E-state index in [0.29, 0.717) is 0 Å². The van der Waals surface area contributed by atoms with E-state index in [4.69, 9.17) is 9.84 Å². The SMILES string of the molecule is COc1cc(C)c2c(c1C)CCC2(C)CC(=O)O. The van der Waals surface area contributed by atoms with Crippen molar-refractivity contribution in [3.05, 3.63) is 28.3 Å². The van der Waals surface area contributed by atoms with Crippen LogP contribution < -0.4 is 4.74 Å². The third kappa shape index (κ3) is 1.88.